The van der Waals surface area contributed by atoms with Crippen molar-refractivity contribution in [1.82, 2.24) is 9.97 Å². The molecule has 0 saturated carbocycles. The first kappa shape index (κ1) is 17.1. The molecule has 0 bridgehead atoms. The summed E-state index contributed by atoms with van der Waals surface area (Å²) < 4.78 is 5.17. The molecule has 0 radical (unpaired) electrons. The Morgan fingerprint density at radius 1 is 1.09 bits per heavy atom. The standard InChI is InChI=1S/C18H26N4O/c1-13(2)9-10-19-18-21-14(3)11-17(22-18)20-12-15-5-7-16(23-4)8-6-15/h5-8,11,13H,9-10,12H2,1-4H3,(H2,19,20,21,22). The lowest BCUT2D eigenvalue weighted by Crippen LogP contribution is -2.10. The van der Waals surface area contributed by atoms with Crippen LogP contribution in [0.25, 0.3) is 0 Å². The number of nitrogens with zero attached hydrogens (tertiary/aromatic N) is 2. The molecule has 2 N–H and O–H groups in total. The van der Waals surface area contributed by atoms with Crippen molar-refractivity contribution in [2.24, 2.45) is 5.92 Å². The second-order valence-electron chi connectivity index (χ2n) is 6.03. The number of benzene rings is 1. The molecule has 2 rings (SSSR count). The molecule has 0 amide bonds. The maximum Gasteiger partial charge on any atom is 0.224 e. The third-order valence-corrected chi connectivity index (χ3v) is 3.49. The van der Waals surface area contributed by atoms with Gasteiger partial charge in [0, 0.05) is 24.8 Å². The van der Waals surface area contributed by atoms with E-state index in [0.29, 0.717) is 18.4 Å². The third-order valence-electron chi connectivity index (χ3n) is 3.49. The maximum atomic E-state index is 5.17. The Kier molecular flexibility index (Phi) is 6.20. The summed E-state index contributed by atoms with van der Waals surface area (Å²) in [6.07, 6.45) is 1.10. The van der Waals surface area contributed by atoms with Crippen molar-refractivity contribution in [3.63, 3.8) is 0 Å². The van der Waals surface area contributed by atoms with E-state index in [4.69, 9.17) is 4.74 Å². The van der Waals surface area contributed by atoms with Gasteiger partial charge in [-0.15, -0.1) is 0 Å². The molecule has 0 unspecified atom stereocenters. The Bertz CT molecular complexity index is 611. The molecule has 5 nitrogen and oxygen atoms in total. The van der Waals surface area contributed by atoms with Gasteiger partial charge in [0.25, 0.3) is 0 Å². The number of anilines is 2. The predicted molar refractivity (Wildman–Crippen MR) is 95.0 cm³/mol. The Hall–Kier alpha value is -2.30. The van der Waals surface area contributed by atoms with Crippen LogP contribution in [0.3, 0.4) is 0 Å². The average Bonchev–Trinajstić information content (AvgIpc) is 2.52. The number of rotatable bonds is 8. The van der Waals surface area contributed by atoms with Crippen LogP contribution in [0.2, 0.25) is 0 Å². The molecular weight excluding hydrogens is 288 g/mol. The van der Waals surface area contributed by atoms with Crippen molar-refractivity contribution in [2.75, 3.05) is 24.3 Å². The number of hydrogen-bond donors (Lipinski definition) is 2. The monoisotopic (exact) mass is 314 g/mol. The van der Waals surface area contributed by atoms with Gasteiger partial charge < -0.3 is 15.4 Å². The van der Waals surface area contributed by atoms with E-state index in [-0.39, 0.29) is 0 Å². The van der Waals surface area contributed by atoms with Crippen LogP contribution in [0.5, 0.6) is 5.75 Å². The summed E-state index contributed by atoms with van der Waals surface area (Å²) in [5.41, 5.74) is 2.13. The lowest BCUT2D eigenvalue weighted by Gasteiger charge is -2.11. The normalized spacial score (nSPS) is 10.7. The smallest absolute Gasteiger partial charge is 0.224 e. The molecule has 1 aromatic heterocycles. The highest BCUT2D eigenvalue weighted by Crippen LogP contribution is 2.14. The van der Waals surface area contributed by atoms with Crippen LogP contribution < -0.4 is 15.4 Å². The van der Waals surface area contributed by atoms with Gasteiger partial charge >= 0.3 is 0 Å². The third kappa shape index (κ3) is 5.77. The van der Waals surface area contributed by atoms with Gasteiger partial charge in [-0.1, -0.05) is 26.0 Å². The van der Waals surface area contributed by atoms with E-state index in [1.807, 2.05) is 37.3 Å². The van der Waals surface area contributed by atoms with Gasteiger partial charge in [-0.25, -0.2) is 4.98 Å². The Balaban J connectivity index is 1.94. The molecule has 124 valence electrons. The van der Waals surface area contributed by atoms with Gasteiger partial charge in [-0.3, -0.25) is 0 Å². The summed E-state index contributed by atoms with van der Waals surface area (Å²) in [5, 5.41) is 6.64. The minimum atomic E-state index is 0.667. The van der Waals surface area contributed by atoms with Gasteiger partial charge in [0.05, 0.1) is 7.11 Å². The molecule has 0 aliphatic heterocycles. The molecule has 0 aliphatic rings. The summed E-state index contributed by atoms with van der Waals surface area (Å²) >= 11 is 0. The highest BCUT2D eigenvalue weighted by atomic mass is 16.5. The van der Waals surface area contributed by atoms with Crippen LogP contribution in [0.1, 0.15) is 31.5 Å². The van der Waals surface area contributed by atoms with E-state index >= 15 is 0 Å². The van der Waals surface area contributed by atoms with Gasteiger partial charge in [0.1, 0.15) is 11.6 Å². The van der Waals surface area contributed by atoms with Crippen LogP contribution >= 0.6 is 0 Å². The zero-order valence-electron chi connectivity index (χ0n) is 14.4. The van der Waals surface area contributed by atoms with Crippen LogP contribution in [0.4, 0.5) is 11.8 Å². The second-order valence-corrected chi connectivity index (χ2v) is 6.03. The summed E-state index contributed by atoms with van der Waals surface area (Å²) in [4.78, 5) is 8.95. The van der Waals surface area contributed by atoms with Crippen molar-refractivity contribution in [3.8, 4) is 5.75 Å². The first-order valence-corrected chi connectivity index (χ1v) is 8.03. The maximum absolute atomic E-state index is 5.17. The number of aromatic nitrogens is 2. The van der Waals surface area contributed by atoms with E-state index in [2.05, 4.69) is 34.4 Å². The van der Waals surface area contributed by atoms with Crippen LogP contribution in [-0.4, -0.2) is 23.6 Å². The molecule has 23 heavy (non-hydrogen) atoms. The van der Waals surface area contributed by atoms with Crippen LogP contribution in [0.15, 0.2) is 30.3 Å². The minimum absolute atomic E-state index is 0.667. The van der Waals surface area contributed by atoms with E-state index in [0.717, 1.165) is 30.2 Å². The molecule has 1 aromatic carbocycles. The topological polar surface area (TPSA) is 59.1 Å². The first-order chi connectivity index (χ1) is 11.1. The molecule has 0 spiro atoms. The van der Waals surface area contributed by atoms with Crippen LogP contribution in [-0.2, 0) is 6.54 Å². The predicted octanol–water partition coefficient (Wildman–Crippen LogP) is 3.86. The molecule has 0 fully saturated rings. The Morgan fingerprint density at radius 3 is 2.48 bits per heavy atom. The largest absolute Gasteiger partial charge is 0.497 e. The SMILES string of the molecule is COc1ccc(CNc2cc(C)nc(NCCC(C)C)n2)cc1. The number of aryl methyl sites for hydroxylation is 1. The zero-order valence-corrected chi connectivity index (χ0v) is 14.4. The summed E-state index contributed by atoms with van der Waals surface area (Å²) in [6, 6.07) is 9.96. The van der Waals surface area contributed by atoms with Crippen molar-refractivity contribution in [1.29, 1.82) is 0 Å². The fourth-order valence-electron chi connectivity index (χ4n) is 2.15. The lowest BCUT2D eigenvalue weighted by molar-refractivity contribution is 0.414. The van der Waals surface area contributed by atoms with Crippen molar-refractivity contribution < 1.29 is 4.74 Å². The fraction of sp³-hybridized carbons (Fsp3) is 0.444. The summed E-state index contributed by atoms with van der Waals surface area (Å²) in [6.45, 7) is 8.00. The van der Waals surface area contributed by atoms with Gasteiger partial charge in [-0.05, 0) is 37.0 Å². The molecule has 0 aliphatic carbocycles. The Labute approximate surface area is 138 Å². The van der Waals surface area contributed by atoms with Gasteiger partial charge in [0.15, 0.2) is 0 Å². The van der Waals surface area contributed by atoms with Crippen molar-refractivity contribution in [3.05, 3.63) is 41.6 Å². The highest BCUT2D eigenvalue weighted by Gasteiger charge is 2.03. The van der Waals surface area contributed by atoms with E-state index < -0.39 is 0 Å². The number of hydrogen-bond acceptors (Lipinski definition) is 5. The zero-order chi connectivity index (χ0) is 16.7. The van der Waals surface area contributed by atoms with Crippen molar-refractivity contribution >= 4 is 11.8 Å². The van der Waals surface area contributed by atoms with Gasteiger partial charge in [-0.2, -0.15) is 4.98 Å². The number of nitrogens with one attached hydrogen (secondary N) is 2. The quantitative estimate of drug-likeness (QED) is 0.774. The second kappa shape index (κ2) is 8.36. The summed E-state index contributed by atoms with van der Waals surface area (Å²) in [7, 11) is 1.67. The Morgan fingerprint density at radius 2 is 1.83 bits per heavy atom. The molecular formula is C18H26N4O. The molecule has 1 heterocycles. The highest BCUT2D eigenvalue weighted by molar-refractivity contribution is 5.43. The fourth-order valence-corrected chi connectivity index (χ4v) is 2.15. The molecule has 0 atom stereocenters. The van der Waals surface area contributed by atoms with E-state index in [1.165, 1.54) is 5.56 Å². The first-order valence-electron chi connectivity index (χ1n) is 8.03. The van der Waals surface area contributed by atoms with E-state index in [1.54, 1.807) is 7.11 Å². The van der Waals surface area contributed by atoms with E-state index in [9.17, 15) is 0 Å². The summed E-state index contributed by atoms with van der Waals surface area (Å²) in [5.74, 6) is 3.05. The van der Waals surface area contributed by atoms with Gasteiger partial charge in [0.2, 0.25) is 5.95 Å². The average molecular weight is 314 g/mol. The number of ether oxygens (including phenoxy) is 1. The van der Waals surface area contributed by atoms with Crippen LogP contribution in [0, 0.1) is 12.8 Å². The van der Waals surface area contributed by atoms with Crippen molar-refractivity contribution in [2.45, 2.75) is 33.7 Å². The molecule has 0 saturated heterocycles. The number of methoxy groups -OCH3 is 1. The molecule has 5 heteroatoms. The molecule has 2 aromatic rings. The lowest BCUT2D eigenvalue weighted by atomic mass is 10.1. The minimum Gasteiger partial charge on any atom is -0.497 e.